The molecule has 0 saturated carbocycles. The Bertz CT molecular complexity index is 1490. The summed E-state index contributed by atoms with van der Waals surface area (Å²) in [6.45, 7) is 4.29. The summed E-state index contributed by atoms with van der Waals surface area (Å²) in [4.78, 5) is 21.8. The number of hydrogen-bond donors (Lipinski definition) is 2. The second-order valence-electron chi connectivity index (χ2n) is 8.12. The van der Waals surface area contributed by atoms with E-state index in [-0.39, 0.29) is 12.5 Å². The number of rotatable bonds is 7. The molecule has 9 heteroatoms. The minimum atomic E-state index is -0.0630. The largest absolute Gasteiger partial charge is 0.497 e. The van der Waals surface area contributed by atoms with Crippen molar-refractivity contribution in [3.63, 3.8) is 0 Å². The zero-order chi connectivity index (χ0) is 23.7. The summed E-state index contributed by atoms with van der Waals surface area (Å²) in [5.74, 6) is 1.88. The van der Waals surface area contributed by atoms with Crippen LogP contribution in [0.1, 0.15) is 29.2 Å². The number of carbonyl (C=O) groups excluding carboxylic acids is 1. The molecule has 0 fully saturated rings. The Morgan fingerprint density at radius 1 is 1.09 bits per heavy atom. The van der Waals surface area contributed by atoms with Gasteiger partial charge in [-0.2, -0.15) is 10.2 Å². The first-order valence-electron chi connectivity index (χ1n) is 11.1. The van der Waals surface area contributed by atoms with Crippen molar-refractivity contribution in [2.24, 2.45) is 0 Å². The number of carbonyl (C=O) groups is 1. The summed E-state index contributed by atoms with van der Waals surface area (Å²) in [5.41, 5.74) is 5.59. The summed E-state index contributed by atoms with van der Waals surface area (Å²) in [6, 6.07) is 15.5. The lowest BCUT2D eigenvalue weighted by Crippen LogP contribution is -2.24. The van der Waals surface area contributed by atoms with Gasteiger partial charge in [0.15, 0.2) is 11.5 Å². The maximum atomic E-state index is 12.5. The number of nitrogens with zero attached hydrogens (tertiary/aromatic N) is 5. The van der Waals surface area contributed by atoms with Crippen LogP contribution in [0.15, 0.2) is 48.5 Å². The Kier molecular flexibility index (Phi) is 5.67. The summed E-state index contributed by atoms with van der Waals surface area (Å²) < 4.78 is 7.05. The van der Waals surface area contributed by atoms with E-state index >= 15 is 0 Å². The fourth-order valence-electron chi connectivity index (χ4n) is 4.09. The molecule has 0 aliphatic carbocycles. The van der Waals surface area contributed by atoms with Gasteiger partial charge in [0, 0.05) is 28.8 Å². The van der Waals surface area contributed by atoms with E-state index in [1.54, 1.807) is 7.11 Å². The quantitative estimate of drug-likeness (QED) is 0.388. The van der Waals surface area contributed by atoms with E-state index in [1.165, 1.54) is 0 Å². The second kappa shape index (κ2) is 8.93. The minimum absolute atomic E-state index is 0.0630. The van der Waals surface area contributed by atoms with Gasteiger partial charge in [0.2, 0.25) is 5.91 Å². The van der Waals surface area contributed by atoms with Crippen LogP contribution in [-0.2, 0) is 17.8 Å². The molecule has 3 heterocycles. The highest BCUT2D eigenvalue weighted by Gasteiger charge is 2.15. The summed E-state index contributed by atoms with van der Waals surface area (Å²) >= 11 is 0. The molecule has 2 aromatic carbocycles. The van der Waals surface area contributed by atoms with Gasteiger partial charge in [-0.25, -0.2) is 14.5 Å². The van der Waals surface area contributed by atoms with Crippen molar-refractivity contribution in [1.82, 2.24) is 35.1 Å². The van der Waals surface area contributed by atoms with E-state index in [0.29, 0.717) is 24.5 Å². The van der Waals surface area contributed by atoms with Gasteiger partial charge in [-0.05, 0) is 62.2 Å². The van der Waals surface area contributed by atoms with Crippen molar-refractivity contribution >= 4 is 22.5 Å². The molecule has 0 saturated heterocycles. The lowest BCUT2D eigenvalue weighted by Gasteiger charge is -2.11. The van der Waals surface area contributed by atoms with Crippen LogP contribution in [0.5, 0.6) is 5.75 Å². The molecular weight excluding hydrogens is 430 g/mol. The molecule has 0 aliphatic heterocycles. The van der Waals surface area contributed by atoms with E-state index in [1.807, 2.05) is 66.9 Å². The summed E-state index contributed by atoms with van der Waals surface area (Å²) in [5, 5.41) is 15.7. The molecule has 0 bridgehead atoms. The summed E-state index contributed by atoms with van der Waals surface area (Å²) in [7, 11) is 1.62. The number of aromatic amines is 1. The van der Waals surface area contributed by atoms with Crippen LogP contribution >= 0.6 is 0 Å². The Morgan fingerprint density at radius 3 is 2.68 bits per heavy atom. The first-order valence-corrected chi connectivity index (χ1v) is 11.1. The molecule has 0 radical (unpaired) electrons. The van der Waals surface area contributed by atoms with E-state index in [0.717, 1.165) is 44.8 Å². The molecule has 5 aromatic rings. The van der Waals surface area contributed by atoms with Crippen molar-refractivity contribution in [2.45, 2.75) is 33.2 Å². The molecule has 0 unspecified atom stereocenters. The number of methoxy groups -OCH3 is 1. The van der Waals surface area contributed by atoms with Gasteiger partial charge in [-0.15, -0.1) is 0 Å². The number of fused-ring (bicyclic) bond motifs is 3. The third-order valence-electron chi connectivity index (χ3n) is 5.95. The molecule has 0 aliphatic rings. The zero-order valence-corrected chi connectivity index (χ0v) is 19.3. The van der Waals surface area contributed by atoms with Crippen LogP contribution in [-0.4, -0.2) is 42.8 Å². The van der Waals surface area contributed by atoms with Gasteiger partial charge in [0.25, 0.3) is 0 Å². The van der Waals surface area contributed by atoms with Crippen LogP contribution < -0.4 is 10.1 Å². The van der Waals surface area contributed by atoms with Gasteiger partial charge >= 0.3 is 0 Å². The molecule has 34 heavy (non-hydrogen) atoms. The second-order valence-corrected chi connectivity index (χ2v) is 8.12. The predicted octanol–water partition coefficient (Wildman–Crippen LogP) is 3.54. The van der Waals surface area contributed by atoms with Gasteiger partial charge in [-0.3, -0.25) is 9.89 Å². The maximum absolute atomic E-state index is 12.5. The Morgan fingerprint density at radius 2 is 1.88 bits per heavy atom. The highest BCUT2D eigenvalue weighted by Crippen LogP contribution is 2.23. The molecular formula is C25H25N7O2. The van der Waals surface area contributed by atoms with E-state index < -0.39 is 0 Å². The molecule has 0 spiro atoms. The Balaban J connectivity index is 1.23. The van der Waals surface area contributed by atoms with Crippen molar-refractivity contribution in [2.75, 3.05) is 7.11 Å². The Labute approximate surface area is 196 Å². The number of nitrogens with one attached hydrogen (secondary N) is 2. The van der Waals surface area contributed by atoms with Gasteiger partial charge < -0.3 is 10.1 Å². The van der Waals surface area contributed by atoms with E-state index in [9.17, 15) is 4.79 Å². The van der Waals surface area contributed by atoms with Crippen molar-refractivity contribution in [3.05, 3.63) is 71.3 Å². The molecule has 3 aromatic heterocycles. The van der Waals surface area contributed by atoms with Crippen LogP contribution in [0.4, 0.5) is 0 Å². The number of amides is 1. The number of aromatic nitrogens is 6. The molecule has 9 nitrogen and oxygen atoms in total. The van der Waals surface area contributed by atoms with Gasteiger partial charge in [-0.1, -0.05) is 12.1 Å². The average Bonchev–Trinajstić information content (AvgIpc) is 3.48. The third kappa shape index (κ3) is 4.07. The van der Waals surface area contributed by atoms with Crippen LogP contribution in [0.2, 0.25) is 0 Å². The SMILES string of the molecule is COc1ccc(-c2n[nH]c(CNC(=O)CCc3c(C)nc4c5ccccc5nn4c3C)n2)cc1. The highest BCUT2D eigenvalue weighted by atomic mass is 16.5. The van der Waals surface area contributed by atoms with Gasteiger partial charge in [0.1, 0.15) is 11.6 Å². The minimum Gasteiger partial charge on any atom is -0.497 e. The Hall–Kier alpha value is -4.27. The lowest BCUT2D eigenvalue weighted by molar-refractivity contribution is -0.121. The fraction of sp³-hybridized carbons (Fsp3) is 0.240. The third-order valence-corrected chi connectivity index (χ3v) is 5.95. The average molecular weight is 456 g/mol. The van der Waals surface area contributed by atoms with Crippen LogP contribution in [0, 0.1) is 13.8 Å². The maximum Gasteiger partial charge on any atom is 0.220 e. The van der Waals surface area contributed by atoms with E-state index in [4.69, 9.17) is 9.72 Å². The molecule has 5 rings (SSSR count). The van der Waals surface area contributed by atoms with Crippen molar-refractivity contribution < 1.29 is 9.53 Å². The summed E-state index contributed by atoms with van der Waals surface area (Å²) in [6.07, 6.45) is 0.922. The van der Waals surface area contributed by atoms with Crippen LogP contribution in [0.25, 0.3) is 27.9 Å². The number of H-pyrrole nitrogens is 1. The predicted molar refractivity (Wildman–Crippen MR) is 129 cm³/mol. The molecule has 172 valence electrons. The first kappa shape index (κ1) is 21.6. The number of hydrogen-bond acceptors (Lipinski definition) is 6. The topological polar surface area (TPSA) is 110 Å². The first-order chi connectivity index (χ1) is 16.5. The standard InChI is InChI=1S/C25H25N7O2/c1-15-19(16(2)32-25(27-15)20-6-4-5-7-21(20)31-32)12-13-23(33)26-14-22-28-24(30-29-22)17-8-10-18(34-3)11-9-17/h4-11H,12-14H2,1-3H3,(H,26,33)(H,28,29,30). The molecule has 1 amide bonds. The van der Waals surface area contributed by atoms with Crippen molar-refractivity contribution in [1.29, 1.82) is 0 Å². The normalized spacial score (nSPS) is 11.3. The van der Waals surface area contributed by atoms with E-state index in [2.05, 4.69) is 25.6 Å². The fourth-order valence-corrected chi connectivity index (χ4v) is 4.09. The monoisotopic (exact) mass is 455 g/mol. The highest BCUT2D eigenvalue weighted by molar-refractivity contribution is 5.92. The van der Waals surface area contributed by atoms with Gasteiger partial charge in [0.05, 0.1) is 19.2 Å². The molecule has 0 atom stereocenters. The number of ether oxygens (including phenoxy) is 1. The van der Waals surface area contributed by atoms with Crippen molar-refractivity contribution in [3.8, 4) is 17.1 Å². The number of benzene rings is 2. The lowest BCUT2D eigenvalue weighted by atomic mass is 10.1. The number of aryl methyl sites for hydroxylation is 2. The van der Waals surface area contributed by atoms with Crippen LogP contribution in [0.3, 0.4) is 0 Å². The smallest absolute Gasteiger partial charge is 0.220 e. The zero-order valence-electron chi connectivity index (χ0n) is 19.3. The molecule has 2 N–H and O–H groups in total.